The second-order valence-corrected chi connectivity index (χ2v) is 13.4. The number of hydrogen-bond acceptors (Lipinski definition) is 11. The normalized spacial score (nSPS) is 15.9. The van der Waals surface area contributed by atoms with Crippen LogP contribution in [0.25, 0.3) is 28.2 Å². The fourth-order valence-electron chi connectivity index (χ4n) is 5.98. The number of fused-ring (bicyclic) bond motifs is 4. The average Bonchev–Trinajstić information content (AvgIpc) is 3.77. The molecule has 1 unspecified atom stereocenters. The van der Waals surface area contributed by atoms with Crippen molar-refractivity contribution in [2.45, 2.75) is 45.2 Å². The number of nitrogens with one attached hydrogen (secondary N) is 1. The number of aliphatic carboxylic acids is 1. The van der Waals surface area contributed by atoms with Gasteiger partial charge in [0, 0.05) is 40.5 Å². The minimum absolute atomic E-state index is 0.0453. The second-order valence-electron chi connectivity index (χ2n) is 12.6. The van der Waals surface area contributed by atoms with Crippen LogP contribution in [0.4, 0.5) is 5.69 Å². The molecule has 54 heavy (non-hydrogen) atoms. The Morgan fingerprint density at radius 2 is 1.74 bits per heavy atom. The second kappa shape index (κ2) is 18.4. The van der Waals surface area contributed by atoms with E-state index in [2.05, 4.69) is 25.6 Å². The highest BCUT2D eigenvalue weighted by Gasteiger charge is 2.24. The van der Waals surface area contributed by atoms with E-state index in [1.165, 1.54) is 17.1 Å². The van der Waals surface area contributed by atoms with E-state index in [1.54, 1.807) is 46.0 Å². The number of carboxylic acid groups (broad SMARTS) is 1. The fourth-order valence-corrected chi connectivity index (χ4v) is 6.28. The van der Waals surface area contributed by atoms with E-state index < -0.39 is 12.0 Å². The molecule has 1 aromatic carbocycles. The lowest BCUT2D eigenvalue weighted by Gasteiger charge is -2.22. The summed E-state index contributed by atoms with van der Waals surface area (Å²) in [6.45, 7) is 4.14. The quantitative estimate of drug-likeness (QED) is 0.137. The zero-order valence-corrected chi connectivity index (χ0v) is 30.9. The van der Waals surface area contributed by atoms with Gasteiger partial charge in [0.15, 0.2) is 5.15 Å². The van der Waals surface area contributed by atoms with Gasteiger partial charge in [-0.15, -0.1) is 5.10 Å². The van der Waals surface area contributed by atoms with E-state index in [4.69, 9.17) is 47.6 Å². The molecule has 0 fully saturated rings. The van der Waals surface area contributed by atoms with Crippen LogP contribution in [0.1, 0.15) is 44.3 Å². The highest BCUT2D eigenvalue weighted by Crippen LogP contribution is 2.33. The zero-order chi connectivity index (χ0) is 38.0. The molecular formula is C36H39Cl2N9O7. The molecule has 1 amide bonds. The predicted molar refractivity (Wildman–Crippen MR) is 199 cm³/mol. The van der Waals surface area contributed by atoms with E-state index in [0.29, 0.717) is 97.9 Å². The summed E-state index contributed by atoms with van der Waals surface area (Å²) in [4.78, 5) is 47.1. The molecule has 5 aromatic rings. The van der Waals surface area contributed by atoms with E-state index >= 15 is 0 Å². The fraction of sp³-hybridized carbons (Fsp3) is 0.389. The molecule has 4 aromatic heterocycles. The molecule has 16 nitrogen and oxygen atoms in total. The van der Waals surface area contributed by atoms with Crippen LogP contribution in [0.15, 0.2) is 66.1 Å². The molecule has 18 heteroatoms. The number of carboxylic acids is 1. The lowest BCUT2D eigenvalue weighted by atomic mass is 9.97. The number of benzene rings is 1. The molecule has 2 bridgehead atoms. The molecule has 2 atom stereocenters. The van der Waals surface area contributed by atoms with Gasteiger partial charge in [-0.3, -0.25) is 28.6 Å². The number of pyridine rings is 1. The van der Waals surface area contributed by atoms with Crippen molar-refractivity contribution in [3.05, 3.63) is 87.5 Å². The Labute approximate surface area is 320 Å². The molecule has 284 valence electrons. The summed E-state index contributed by atoms with van der Waals surface area (Å²) in [5.41, 5.74) is 3.77. The summed E-state index contributed by atoms with van der Waals surface area (Å²) < 4.78 is 21.2. The maximum atomic E-state index is 13.9. The summed E-state index contributed by atoms with van der Waals surface area (Å²) in [6, 6.07) is 9.85. The highest BCUT2D eigenvalue weighted by atomic mass is 35.5. The van der Waals surface area contributed by atoms with Crippen molar-refractivity contribution in [3.63, 3.8) is 0 Å². The molecule has 1 aliphatic heterocycles. The molecule has 0 saturated carbocycles. The Morgan fingerprint density at radius 3 is 2.48 bits per heavy atom. The number of halogens is 2. The van der Waals surface area contributed by atoms with E-state index in [-0.39, 0.29) is 35.6 Å². The number of carbonyl (C=O) groups is 2. The minimum Gasteiger partial charge on any atom is -0.481 e. The van der Waals surface area contributed by atoms with Gasteiger partial charge in [0.05, 0.1) is 93.9 Å². The summed E-state index contributed by atoms with van der Waals surface area (Å²) in [5, 5.41) is 25.1. The third-order valence-corrected chi connectivity index (χ3v) is 9.17. The first-order valence-corrected chi connectivity index (χ1v) is 18.2. The summed E-state index contributed by atoms with van der Waals surface area (Å²) in [5.74, 6) is -1.34. The Balaban J connectivity index is 1.19. The van der Waals surface area contributed by atoms with Crippen molar-refractivity contribution >= 4 is 40.8 Å². The van der Waals surface area contributed by atoms with Gasteiger partial charge in [-0.1, -0.05) is 41.8 Å². The number of hydrogen-bond donors (Lipinski definition) is 2. The number of carbonyl (C=O) groups excluding carboxylic acids is 1. The monoisotopic (exact) mass is 779 g/mol. The van der Waals surface area contributed by atoms with Gasteiger partial charge in [0.2, 0.25) is 5.91 Å². The molecule has 0 saturated heterocycles. The van der Waals surface area contributed by atoms with E-state index in [1.807, 2.05) is 19.1 Å². The Kier molecular flexibility index (Phi) is 13.2. The van der Waals surface area contributed by atoms with Crippen molar-refractivity contribution in [1.29, 1.82) is 0 Å². The van der Waals surface area contributed by atoms with Crippen LogP contribution in [-0.4, -0.2) is 95.9 Å². The molecule has 2 N–H and O–H groups in total. The summed E-state index contributed by atoms with van der Waals surface area (Å²) in [6.07, 6.45) is 8.24. The van der Waals surface area contributed by atoms with Gasteiger partial charge in [-0.05, 0) is 43.2 Å². The third kappa shape index (κ3) is 9.95. The van der Waals surface area contributed by atoms with Crippen molar-refractivity contribution in [1.82, 2.24) is 39.3 Å². The molecule has 0 radical (unpaired) electrons. The van der Waals surface area contributed by atoms with Crippen LogP contribution in [0, 0.1) is 5.92 Å². The molecule has 0 spiro atoms. The van der Waals surface area contributed by atoms with E-state index in [9.17, 15) is 14.4 Å². The van der Waals surface area contributed by atoms with Crippen molar-refractivity contribution in [2.24, 2.45) is 5.92 Å². The smallest absolute Gasteiger partial charge is 0.305 e. The summed E-state index contributed by atoms with van der Waals surface area (Å²) >= 11 is 12.4. The third-order valence-electron chi connectivity index (χ3n) is 8.77. The number of amides is 1. The van der Waals surface area contributed by atoms with Gasteiger partial charge in [-0.2, -0.15) is 5.10 Å². The van der Waals surface area contributed by atoms with E-state index in [0.717, 1.165) is 5.56 Å². The van der Waals surface area contributed by atoms with Crippen molar-refractivity contribution in [3.8, 4) is 28.2 Å². The van der Waals surface area contributed by atoms with Crippen LogP contribution in [0.3, 0.4) is 0 Å². The van der Waals surface area contributed by atoms with Gasteiger partial charge >= 0.3 is 5.97 Å². The van der Waals surface area contributed by atoms with Crippen LogP contribution in [0.2, 0.25) is 10.2 Å². The maximum absolute atomic E-state index is 13.9. The molecular weight excluding hydrogens is 741 g/mol. The molecule has 0 aliphatic carbocycles. The van der Waals surface area contributed by atoms with Gasteiger partial charge < -0.3 is 24.6 Å². The van der Waals surface area contributed by atoms with Crippen LogP contribution in [0.5, 0.6) is 0 Å². The SMILES string of the molecule is CC1CCC[C@H](n2cnc(-c3cc(Cl)ccc3-n3cc(Cl)nn3)cc2=O)c2cc(ccn2)-c2nn(CCOCCOCCOCCC(=O)O)cc2NC1=O. The maximum Gasteiger partial charge on any atom is 0.305 e. The average molecular weight is 781 g/mol. The minimum atomic E-state index is -0.905. The van der Waals surface area contributed by atoms with Crippen LogP contribution in [-0.2, 0) is 30.3 Å². The number of rotatable bonds is 15. The largest absolute Gasteiger partial charge is 0.481 e. The van der Waals surface area contributed by atoms with Crippen molar-refractivity contribution in [2.75, 3.05) is 45.0 Å². The predicted octanol–water partition coefficient (Wildman–Crippen LogP) is 4.93. The highest BCUT2D eigenvalue weighted by molar-refractivity contribution is 6.31. The van der Waals surface area contributed by atoms with Gasteiger partial charge in [-0.25, -0.2) is 9.67 Å². The first-order valence-electron chi connectivity index (χ1n) is 17.4. The number of anilines is 1. The standard InChI is InChI=1S/C36H39Cl2N9O7/c1-23-3-2-4-31(46-22-40-27(19-33(46)48)26-18-25(37)5-6-30(26)47-21-32(38)42-44-47)28-17-24(7-9-39-28)35-29(41-36(23)51)20-45(43-35)10-12-53-14-16-54-15-13-52-11-8-34(49)50/h5-7,9,17-23,31H,2-4,8,10-16H2,1H3,(H,41,51)(H,49,50)/t23?,31-/m0/s1. The van der Waals surface area contributed by atoms with Gasteiger partial charge in [0.1, 0.15) is 5.69 Å². The lowest BCUT2D eigenvalue weighted by molar-refractivity contribution is -0.138. The Morgan fingerprint density at radius 1 is 0.963 bits per heavy atom. The van der Waals surface area contributed by atoms with Crippen LogP contribution >= 0.6 is 23.2 Å². The Hall–Kier alpha value is -5.00. The Bertz CT molecular complexity index is 2140. The summed E-state index contributed by atoms with van der Waals surface area (Å²) in [7, 11) is 0. The first-order chi connectivity index (χ1) is 26.2. The number of nitrogens with zero attached hydrogens (tertiary/aromatic N) is 8. The number of ether oxygens (including phenoxy) is 3. The lowest BCUT2D eigenvalue weighted by Crippen LogP contribution is -2.27. The molecule has 5 heterocycles. The molecule has 6 rings (SSSR count). The number of aromatic nitrogens is 8. The zero-order valence-electron chi connectivity index (χ0n) is 29.4. The van der Waals surface area contributed by atoms with Crippen molar-refractivity contribution < 1.29 is 28.9 Å². The first kappa shape index (κ1) is 38.7. The molecule has 1 aliphatic rings. The van der Waals surface area contributed by atoms with Gasteiger partial charge in [0.25, 0.3) is 5.56 Å². The topological polar surface area (TPSA) is 190 Å². The van der Waals surface area contributed by atoms with Crippen LogP contribution < -0.4 is 10.9 Å².